The van der Waals surface area contributed by atoms with Gasteiger partial charge in [-0.3, -0.25) is 9.78 Å². The molecule has 5 heteroatoms. The number of aliphatic hydroxyl groups excluding tert-OH is 1. The van der Waals surface area contributed by atoms with Gasteiger partial charge in [-0.1, -0.05) is 36.4 Å². The van der Waals surface area contributed by atoms with Crippen LogP contribution in [0.1, 0.15) is 35.4 Å². The van der Waals surface area contributed by atoms with Gasteiger partial charge in [0, 0.05) is 23.8 Å². The second-order valence-corrected chi connectivity index (χ2v) is 6.09. The minimum absolute atomic E-state index is 0.233. The van der Waals surface area contributed by atoms with Crippen molar-refractivity contribution in [1.29, 1.82) is 0 Å². The predicted molar refractivity (Wildman–Crippen MR) is 94.6 cm³/mol. The Labute approximate surface area is 145 Å². The maximum absolute atomic E-state index is 13.0. The molecule has 0 aliphatic carbocycles. The fraction of sp³-hybridized carbons (Fsp3) is 0.200. The number of nitrogens with zero attached hydrogens (tertiary/aromatic N) is 1. The quantitative estimate of drug-likeness (QED) is 0.747. The summed E-state index contributed by atoms with van der Waals surface area (Å²) < 4.78 is 13.0. The molecule has 1 heterocycles. The number of carbonyl (C=O) groups is 1. The van der Waals surface area contributed by atoms with E-state index in [0.717, 1.165) is 10.8 Å². The van der Waals surface area contributed by atoms with Crippen LogP contribution >= 0.6 is 0 Å². The minimum atomic E-state index is -0.776. The molecule has 25 heavy (non-hydrogen) atoms. The Balaban J connectivity index is 1.68. The lowest BCUT2D eigenvalue weighted by Crippen LogP contribution is -2.34. The van der Waals surface area contributed by atoms with E-state index in [1.165, 1.54) is 12.1 Å². The molecule has 128 valence electrons. The molecular weight excluding hydrogens is 319 g/mol. The summed E-state index contributed by atoms with van der Waals surface area (Å²) in [4.78, 5) is 16.7. The van der Waals surface area contributed by atoms with Crippen molar-refractivity contribution in [3.05, 3.63) is 77.9 Å². The summed E-state index contributed by atoms with van der Waals surface area (Å²) in [6.45, 7) is 1.82. The van der Waals surface area contributed by atoms with Gasteiger partial charge in [-0.25, -0.2) is 4.39 Å². The highest BCUT2D eigenvalue weighted by Crippen LogP contribution is 2.20. The molecule has 0 saturated heterocycles. The molecule has 3 aromatic rings. The lowest BCUT2D eigenvalue weighted by Gasteiger charge is -2.18. The second-order valence-electron chi connectivity index (χ2n) is 6.09. The number of nitrogens with one attached hydrogen (secondary N) is 1. The molecule has 2 atom stereocenters. The molecule has 2 N–H and O–H groups in total. The zero-order valence-corrected chi connectivity index (χ0v) is 13.8. The van der Waals surface area contributed by atoms with Crippen LogP contribution in [0.3, 0.4) is 0 Å². The number of pyridine rings is 1. The predicted octanol–water partition coefficient (Wildman–Crippen LogP) is 3.62. The van der Waals surface area contributed by atoms with Gasteiger partial charge in [-0.2, -0.15) is 0 Å². The van der Waals surface area contributed by atoms with Crippen LogP contribution < -0.4 is 5.32 Å². The summed E-state index contributed by atoms with van der Waals surface area (Å²) in [6.07, 6.45) is 2.81. The molecule has 0 aliphatic heterocycles. The molecule has 0 bridgehead atoms. The number of halogens is 1. The number of aromatic nitrogens is 1. The molecule has 4 nitrogen and oxygen atoms in total. The third-order valence-electron chi connectivity index (χ3n) is 4.12. The molecule has 1 aromatic heterocycles. The van der Waals surface area contributed by atoms with Gasteiger partial charge in [0.2, 0.25) is 0 Å². The van der Waals surface area contributed by atoms with E-state index in [9.17, 15) is 14.3 Å². The van der Waals surface area contributed by atoms with E-state index in [1.54, 1.807) is 24.5 Å². The van der Waals surface area contributed by atoms with Crippen LogP contribution in [-0.4, -0.2) is 22.0 Å². The van der Waals surface area contributed by atoms with E-state index >= 15 is 0 Å². The van der Waals surface area contributed by atoms with E-state index < -0.39 is 6.10 Å². The maximum Gasteiger partial charge on any atom is 0.253 e. The second kappa shape index (κ2) is 7.40. The van der Waals surface area contributed by atoms with E-state index in [0.29, 0.717) is 17.5 Å². The molecular formula is C20H19FN2O2. The third-order valence-corrected chi connectivity index (χ3v) is 4.12. The lowest BCUT2D eigenvalue weighted by molar-refractivity contribution is 0.0918. The van der Waals surface area contributed by atoms with Gasteiger partial charge in [0.05, 0.1) is 11.7 Å². The van der Waals surface area contributed by atoms with Gasteiger partial charge < -0.3 is 10.4 Å². The zero-order valence-electron chi connectivity index (χ0n) is 13.8. The average molecular weight is 338 g/mol. The van der Waals surface area contributed by atoms with Gasteiger partial charge in [0.1, 0.15) is 5.82 Å². The summed E-state index contributed by atoms with van der Waals surface area (Å²) in [6, 6.07) is 13.0. The number of amides is 1. The van der Waals surface area contributed by atoms with Crippen molar-refractivity contribution in [2.75, 3.05) is 0 Å². The first kappa shape index (κ1) is 17.0. The molecule has 0 fully saturated rings. The fourth-order valence-electron chi connectivity index (χ4n) is 2.81. The van der Waals surface area contributed by atoms with E-state index in [1.807, 2.05) is 31.2 Å². The van der Waals surface area contributed by atoms with Crippen molar-refractivity contribution in [2.45, 2.75) is 25.5 Å². The zero-order chi connectivity index (χ0) is 17.8. The maximum atomic E-state index is 13.0. The summed E-state index contributed by atoms with van der Waals surface area (Å²) in [5.41, 5.74) is 1.12. The molecule has 1 amide bonds. The molecule has 0 saturated carbocycles. The fourth-order valence-corrected chi connectivity index (χ4v) is 2.81. The minimum Gasteiger partial charge on any atom is -0.388 e. The summed E-state index contributed by atoms with van der Waals surface area (Å²) in [5.74, 6) is -0.580. The van der Waals surface area contributed by atoms with Crippen molar-refractivity contribution < 1.29 is 14.3 Å². The molecule has 0 aliphatic rings. The number of rotatable bonds is 5. The van der Waals surface area contributed by atoms with E-state index in [-0.39, 0.29) is 17.8 Å². The monoisotopic (exact) mass is 338 g/mol. The normalized spacial score (nSPS) is 13.4. The number of hydrogen-bond acceptors (Lipinski definition) is 3. The molecule has 0 spiro atoms. The number of aliphatic hydroxyl groups is 1. The van der Waals surface area contributed by atoms with Crippen LogP contribution in [-0.2, 0) is 0 Å². The first-order valence-corrected chi connectivity index (χ1v) is 8.11. The van der Waals surface area contributed by atoms with Crippen molar-refractivity contribution in [3.8, 4) is 0 Å². The molecule has 2 aromatic carbocycles. The highest BCUT2D eigenvalue weighted by molar-refractivity contribution is 6.06. The highest BCUT2D eigenvalue weighted by Gasteiger charge is 2.17. The summed E-state index contributed by atoms with van der Waals surface area (Å²) >= 11 is 0. The summed E-state index contributed by atoms with van der Waals surface area (Å²) in [5, 5.41) is 14.9. The molecule has 3 rings (SSSR count). The van der Waals surface area contributed by atoms with Crippen LogP contribution in [0.4, 0.5) is 4.39 Å². The van der Waals surface area contributed by atoms with Crippen LogP contribution in [0.15, 0.2) is 60.9 Å². The van der Waals surface area contributed by atoms with Gasteiger partial charge in [0.15, 0.2) is 0 Å². The topological polar surface area (TPSA) is 62.2 Å². The van der Waals surface area contributed by atoms with Crippen molar-refractivity contribution in [1.82, 2.24) is 10.3 Å². The Bertz CT molecular complexity index is 875. The summed E-state index contributed by atoms with van der Waals surface area (Å²) in [7, 11) is 0. The van der Waals surface area contributed by atoms with Gasteiger partial charge in [-0.05, 0) is 36.4 Å². The van der Waals surface area contributed by atoms with Crippen molar-refractivity contribution >= 4 is 16.7 Å². The SMILES string of the molecule is CC(CC(O)c1ccc(F)cc1)NC(=O)c1cncc2ccccc12. The largest absolute Gasteiger partial charge is 0.388 e. The first-order chi connectivity index (χ1) is 12.0. The van der Waals surface area contributed by atoms with Crippen LogP contribution in [0.2, 0.25) is 0 Å². The standard InChI is InChI=1S/C20H19FN2O2/c1-13(10-19(24)14-6-8-16(21)9-7-14)23-20(25)18-12-22-11-15-4-2-3-5-17(15)18/h2-9,11-13,19,24H,10H2,1H3,(H,23,25). The van der Waals surface area contributed by atoms with Crippen LogP contribution in [0.25, 0.3) is 10.8 Å². The Morgan fingerprint density at radius 1 is 1.16 bits per heavy atom. The van der Waals surface area contributed by atoms with Gasteiger partial charge >= 0.3 is 0 Å². The molecule has 0 radical (unpaired) electrons. The lowest BCUT2D eigenvalue weighted by atomic mass is 10.0. The van der Waals surface area contributed by atoms with E-state index in [2.05, 4.69) is 10.3 Å². The third kappa shape index (κ3) is 4.00. The number of benzene rings is 2. The Kier molecular flexibility index (Phi) is 5.05. The van der Waals surface area contributed by atoms with Crippen LogP contribution in [0, 0.1) is 5.82 Å². The number of fused-ring (bicyclic) bond motifs is 1. The van der Waals surface area contributed by atoms with Crippen LogP contribution in [0.5, 0.6) is 0 Å². The van der Waals surface area contributed by atoms with Gasteiger partial charge in [-0.15, -0.1) is 0 Å². The molecule has 2 unspecified atom stereocenters. The highest BCUT2D eigenvalue weighted by atomic mass is 19.1. The number of carbonyl (C=O) groups excluding carboxylic acids is 1. The van der Waals surface area contributed by atoms with E-state index in [4.69, 9.17) is 0 Å². The first-order valence-electron chi connectivity index (χ1n) is 8.11. The Morgan fingerprint density at radius 2 is 1.88 bits per heavy atom. The van der Waals surface area contributed by atoms with Crippen molar-refractivity contribution in [3.63, 3.8) is 0 Å². The van der Waals surface area contributed by atoms with Crippen molar-refractivity contribution in [2.24, 2.45) is 0 Å². The Hall–Kier alpha value is -2.79. The smallest absolute Gasteiger partial charge is 0.253 e. The Morgan fingerprint density at radius 3 is 2.64 bits per heavy atom. The number of hydrogen-bond donors (Lipinski definition) is 2. The van der Waals surface area contributed by atoms with Gasteiger partial charge in [0.25, 0.3) is 5.91 Å². The average Bonchev–Trinajstić information content (AvgIpc) is 2.61.